The minimum atomic E-state index is -0.438. The van der Waals surface area contributed by atoms with Crippen LogP contribution < -0.4 is 15.5 Å². The third kappa shape index (κ3) is 4.31. The zero-order chi connectivity index (χ0) is 20.3. The molecule has 3 amide bonds. The van der Waals surface area contributed by atoms with E-state index in [1.165, 1.54) is 12.7 Å². The summed E-state index contributed by atoms with van der Waals surface area (Å²) in [6.45, 7) is 4.46. The Bertz CT molecular complexity index is 908. The molecule has 0 bridgehead atoms. The van der Waals surface area contributed by atoms with Gasteiger partial charge < -0.3 is 20.3 Å². The smallest absolute Gasteiger partial charge is 0.337 e. The number of carbonyl (C=O) groups excluding carboxylic acids is 3. The zero-order valence-electron chi connectivity index (χ0n) is 16.1. The molecule has 0 unspecified atom stereocenters. The first-order chi connectivity index (χ1) is 13.4. The second kappa shape index (κ2) is 8.12. The molecule has 28 heavy (non-hydrogen) atoms. The lowest BCUT2D eigenvalue weighted by molar-refractivity contribution is -0.117. The predicted octanol–water partition coefficient (Wildman–Crippen LogP) is 3.02. The Kier molecular flexibility index (Phi) is 5.63. The number of carbonyl (C=O) groups is 3. The summed E-state index contributed by atoms with van der Waals surface area (Å²) in [6.07, 6.45) is 0.252. The zero-order valence-corrected chi connectivity index (χ0v) is 16.1. The monoisotopic (exact) mass is 381 g/mol. The fraction of sp³-hybridized carbons (Fsp3) is 0.286. The van der Waals surface area contributed by atoms with Gasteiger partial charge in [-0.15, -0.1) is 0 Å². The standard InChI is InChI=1S/C21H23N3O4/c1-13-4-9-18(10-14(13)2)24-12-17(11-19(24)25)23-21(27)22-16-7-5-15(6-8-16)20(26)28-3/h4-10,17H,11-12H2,1-3H3,(H2,22,23,27)/t17-/m1/s1. The van der Waals surface area contributed by atoms with Gasteiger partial charge in [-0.2, -0.15) is 0 Å². The van der Waals surface area contributed by atoms with Gasteiger partial charge in [-0.3, -0.25) is 4.79 Å². The molecule has 2 aromatic rings. The number of anilines is 2. The van der Waals surface area contributed by atoms with Crippen LogP contribution in [0.25, 0.3) is 0 Å². The minimum absolute atomic E-state index is 0.0176. The highest BCUT2D eigenvalue weighted by molar-refractivity contribution is 5.98. The largest absolute Gasteiger partial charge is 0.465 e. The van der Waals surface area contributed by atoms with Gasteiger partial charge in [-0.05, 0) is 61.4 Å². The van der Waals surface area contributed by atoms with Gasteiger partial charge in [-0.1, -0.05) is 6.07 Å². The number of esters is 1. The Morgan fingerprint density at radius 2 is 1.79 bits per heavy atom. The number of urea groups is 1. The molecular weight excluding hydrogens is 358 g/mol. The molecule has 0 radical (unpaired) electrons. The van der Waals surface area contributed by atoms with Crippen molar-refractivity contribution in [1.82, 2.24) is 5.32 Å². The second-order valence-corrected chi connectivity index (χ2v) is 6.84. The van der Waals surface area contributed by atoms with Crippen molar-refractivity contribution in [2.75, 3.05) is 23.9 Å². The maximum atomic E-state index is 12.4. The Morgan fingerprint density at radius 3 is 2.43 bits per heavy atom. The van der Waals surface area contributed by atoms with Gasteiger partial charge in [0.1, 0.15) is 0 Å². The number of amides is 3. The van der Waals surface area contributed by atoms with E-state index in [9.17, 15) is 14.4 Å². The molecule has 2 N–H and O–H groups in total. The van der Waals surface area contributed by atoms with Gasteiger partial charge in [0.05, 0.1) is 18.7 Å². The maximum Gasteiger partial charge on any atom is 0.337 e. The van der Waals surface area contributed by atoms with Crippen LogP contribution in [0.3, 0.4) is 0 Å². The van der Waals surface area contributed by atoms with Crippen LogP contribution in [-0.2, 0) is 9.53 Å². The Balaban J connectivity index is 1.58. The van der Waals surface area contributed by atoms with Crippen LogP contribution in [-0.4, -0.2) is 37.6 Å². The molecule has 0 spiro atoms. The van der Waals surface area contributed by atoms with Gasteiger partial charge in [0.15, 0.2) is 0 Å². The molecule has 0 saturated carbocycles. The lowest BCUT2D eigenvalue weighted by atomic mass is 10.1. The second-order valence-electron chi connectivity index (χ2n) is 6.84. The van der Waals surface area contributed by atoms with E-state index >= 15 is 0 Å². The lowest BCUT2D eigenvalue weighted by Crippen LogP contribution is -2.39. The van der Waals surface area contributed by atoms with E-state index < -0.39 is 12.0 Å². The first kappa shape index (κ1) is 19.4. The number of rotatable bonds is 4. The van der Waals surface area contributed by atoms with Crippen LogP contribution in [0.1, 0.15) is 27.9 Å². The Morgan fingerprint density at radius 1 is 1.07 bits per heavy atom. The molecule has 146 valence electrons. The summed E-state index contributed by atoms with van der Waals surface area (Å²) in [6, 6.07) is 11.6. The van der Waals surface area contributed by atoms with Crippen molar-refractivity contribution < 1.29 is 19.1 Å². The highest BCUT2D eigenvalue weighted by Crippen LogP contribution is 2.24. The molecule has 7 nitrogen and oxygen atoms in total. The number of benzene rings is 2. The molecule has 1 aliphatic heterocycles. The Hall–Kier alpha value is -3.35. The quantitative estimate of drug-likeness (QED) is 0.797. The molecule has 1 aliphatic rings. The van der Waals surface area contributed by atoms with Gasteiger partial charge in [0.2, 0.25) is 5.91 Å². The summed E-state index contributed by atoms with van der Waals surface area (Å²) in [4.78, 5) is 37.7. The highest BCUT2D eigenvalue weighted by atomic mass is 16.5. The SMILES string of the molecule is COC(=O)c1ccc(NC(=O)N[C@@H]2CC(=O)N(c3ccc(C)c(C)c3)C2)cc1. The van der Waals surface area contributed by atoms with Gasteiger partial charge in [0.25, 0.3) is 0 Å². The van der Waals surface area contributed by atoms with Crippen molar-refractivity contribution in [2.24, 2.45) is 0 Å². The summed E-state index contributed by atoms with van der Waals surface area (Å²) >= 11 is 0. The molecule has 3 rings (SSSR count). The summed E-state index contributed by atoms with van der Waals surface area (Å²) in [7, 11) is 1.31. The van der Waals surface area contributed by atoms with Crippen LogP contribution in [0, 0.1) is 13.8 Å². The summed E-state index contributed by atoms with van der Waals surface area (Å²) in [5.74, 6) is -0.456. The topological polar surface area (TPSA) is 87.7 Å². The van der Waals surface area contributed by atoms with E-state index in [0.29, 0.717) is 17.8 Å². The van der Waals surface area contributed by atoms with E-state index in [2.05, 4.69) is 15.4 Å². The molecule has 2 aromatic carbocycles. The third-order valence-corrected chi connectivity index (χ3v) is 4.83. The van der Waals surface area contributed by atoms with Gasteiger partial charge in [0, 0.05) is 24.3 Å². The third-order valence-electron chi connectivity index (χ3n) is 4.83. The molecule has 1 saturated heterocycles. The summed E-state index contributed by atoms with van der Waals surface area (Å²) < 4.78 is 4.64. The van der Waals surface area contributed by atoms with Crippen molar-refractivity contribution >= 4 is 29.3 Å². The first-order valence-electron chi connectivity index (χ1n) is 9.01. The highest BCUT2D eigenvalue weighted by Gasteiger charge is 2.31. The number of nitrogens with one attached hydrogen (secondary N) is 2. The van der Waals surface area contributed by atoms with Crippen molar-refractivity contribution in [3.63, 3.8) is 0 Å². The van der Waals surface area contributed by atoms with E-state index in [-0.39, 0.29) is 18.4 Å². The molecule has 0 aliphatic carbocycles. The number of hydrogen-bond acceptors (Lipinski definition) is 4. The fourth-order valence-electron chi connectivity index (χ4n) is 3.11. The van der Waals surface area contributed by atoms with Crippen LogP contribution >= 0.6 is 0 Å². The number of aryl methyl sites for hydroxylation is 2. The fourth-order valence-corrected chi connectivity index (χ4v) is 3.11. The molecule has 1 fully saturated rings. The molecular formula is C21H23N3O4. The molecule has 1 atom stereocenters. The maximum absolute atomic E-state index is 12.4. The lowest BCUT2D eigenvalue weighted by Gasteiger charge is -2.18. The minimum Gasteiger partial charge on any atom is -0.465 e. The number of methoxy groups -OCH3 is 1. The van der Waals surface area contributed by atoms with Gasteiger partial charge >= 0.3 is 12.0 Å². The average Bonchev–Trinajstić information content (AvgIpc) is 3.03. The van der Waals surface area contributed by atoms with Crippen LogP contribution in [0.4, 0.5) is 16.2 Å². The normalized spacial score (nSPS) is 16.0. The number of ether oxygens (including phenoxy) is 1. The predicted molar refractivity (Wildman–Crippen MR) is 107 cm³/mol. The molecule has 0 aromatic heterocycles. The Labute approximate surface area is 163 Å². The summed E-state index contributed by atoms with van der Waals surface area (Å²) in [5, 5.41) is 5.53. The van der Waals surface area contributed by atoms with E-state index in [1.54, 1.807) is 29.2 Å². The van der Waals surface area contributed by atoms with Crippen LogP contribution in [0.5, 0.6) is 0 Å². The number of hydrogen-bond donors (Lipinski definition) is 2. The number of nitrogens with zero attached hydrogens (tertiary/aromatic N) is 1. The first-order valence-corrected chi connectivity index (χ1v) is 9.01. The van der Waals surface area contributed by atoms with Gasteiger partial charge in [-0.25, -0.2) is 9.59 Å². The van der Waals surface area contributed by atoms with Crippen molar-refractivity contribution in [3.05, 3.63) is 59.2 Å². The van der Waals surface area contributed by atoms with E-state index in [1.807, 2.05) is 32.0 Å². The van der Waals surface area contributed by atoms with Crippen molar-refractivity contribution in [1.29, 1.82) is 0 Å². The van der Waals surface area contributed by atoms with Crippen LogP contribution in [0.15, 0.2) is 42.5 Å². The van der Waals surface area contributed by atoms with E-state index in [0.717, 1.165) is 11.3 Å². The van der Waals surface area contributed by atoms with Crippen molar-refractivity contribution in [3.8, 4) is 0 Å². The summed E-state index contributed by atoms with van der Waals surface area (Å²) in [5.41, 5.74) is 4.08. The van der Waals surface area contributed by atoms with Crippen LogP contribution in [0.2, 0.25) is 0 Å². The average molecular weight is 381 g/mol. The van der Waals surface area contributed by atoms with E-state index in [4.69, 9.17) is 0 Å². The van der Waals surface area contributed by atoms with Crippen molar-refractivity contribution in [2.45, 2.75) is 26.3 Å². The molecule has 1 heterocycles. The molecule has 7 heteroatoms.